The lowest BCUT2D eigenvalue weighted by Crippen LogP contribution is -2.40. The number of nitrogens with zero attached hydrogens (tertiary/aromatic N) is 1. The molecule has 0 saturated carbocycles. The summed E-state index contributed by atoms with van der Waals surface area (Å²) in [5, 5.41) is 8.22. The van der Waals surface area contributed by atoms with Crippen LogP contribution in [0.25, 0.3) is 10.9 Å². The van der Waals surface area contributed by atoms with Gasteiger partial charge in [-0.1, -0.05) is 31.4 Å². The van der Waals surface area contributed by atoms with Crippen LogP contribution < -0.4 is 5.46 Å². The summed E-state index contributed by atoms with van der Waals surface area (Å²) >= 11 is 0. The molecule has 0 bridgehead atoms. The Balaban J connectivity index is 2.10. The molecule has 1 heterocycles. The molecule has 0 spiro atoms. The van der Waals surface area contributed by atoms with Gasteiger partial charge in [0, 0.05) is 11.0 Å². The Hall–Kier alpha value is -1.22. The lowest BCUT2D eigenvalue weighted by molar-refractivity contribution is 0.0767. The molecule has 0 atom stereocenters. The van der Waals surface area contributed by atoms with Crippen molar-refractivity contribution >= 4 is 31.7 Å². The van der Waals surface area contributed by atoms with E-state index in [1.807, 2.05) is 12.3 Å². The second-order valence-corrected chi connectivity index (χ2v) is 6.34. The molecule has 0 aliphatic carbocycles. The fourth-order valence-electron chi connectivity index (χ4n) is 1.56. The van der Waals surface area contributed by atoms with Gasteiger partial charge >= 0.3 is 7.48 Å². The van der Waals surface area contributed by atoms with Crippen molar-refractivity contribution < 1.29 is 4.65 Å². The second-order valence-electron chi connectivity index (χ2n) is 6.34. The molecule has 2 rings (SSSR count). The van der Waals surface area contributed by atoms with Crippen LogP contribution >= 0.6 is 0 Å². The third-order valence-corrected chi connectivity index (χ3v) is 3.91. The zero-order valence-corrected chi connectivity index (χ0v) is 11.9. The zero-order valence-electron chi connectivity index (χ0n) is 11.9. The highest BCUT2D eigenvalue weighted by molar-refractivity contribution is 6.47. The molecule has 1 aromatic heterocycles. The van der Waals surface area contributed by atoms with Crippen LogP contribution in [0.15, 0.2) is 24.4 Å². The number of fused-ring (bicyclic) bond motifs is 1. The number of benzene rings is 1. The van der Waals surface area contributed by atoms with E-state index in [9.17, 15) is 0 Å². The van der Waals surface area contributed by atoms with Gasteiger partial charge < -0.3 is 4.65 Å². The molecule has 0 unspecified atom stereocenters. The molecule has 0 amide bonds. The molecule has 0 saturated heterocycles. The molecule has 94 valence electrons. The number of hydrogen-bond donors (Lipinski definition) is 1. The lowest BCUT2D eigenvalue weighted by Gasteiger charge is -2.39. The van der Waals surface area contributed by atoms with Crippen LogP contribution in [0.5, 0.6) is 0 Å². The minimum absolute atomic E-state index is 0.118. The molecule has 18 heavy (non-hydrogen) atoms. The summed E-state index contributed by atoms with van der Waals surface area (Å²) in [5.41, 5.74) is 2.09. The first-order valence-corrected chi connectivity index (χ1v) is 6.35. The third-order valence-electron chi connectivity index (χ3n) is 3.91. The summed E-state index contributed by atoms with van der Waals surface area (Å²) in [6.45, 7) is 8.69. The van der Waals surface area contributed by atoms with E-state index in [0.717, 1.165) is 10.9 Å². The molecule has 1 aromatic carbocycles. The Morgan fingerprint density at radius 2 is 2.00 bits per heavy atom. The van der Waals surface area contributed by atoms with Crippen LogP contribution in [0, 0.1) is 0 Å². The number of aromatic amines is 1. The molecule has 0 fully saturated rings. The summed E-state index contributed by atoms with van der Waals surface area (Å²) < 4.78 is 6.07. The van der Waals surface area contributed by atoms with Crippen LogP contribution in [0.2, 0.25) is 5.31 Å². The smallest absolute Gasteiger partial charge is 0.309 e. The highest BCUT2D eigenvalue weighted by Gasteiger charge is 2.33. The van der Waals surface area contributed by atoms with Gasteiger partial charge in [0.15, 0.2) is 0 Å². The first-order valence-electron chi connectivity index (χ1n) is 6.35. The van der Waals surface area contributed by atoms with E-state index in [4.69, 9.17) is 4.65 Å². The monoisotopic (exact) mass is 242 g/mol. The average molecular weight is 242 g/mol. The van der Waals surface area contributed by atoms with Gasteiger partial charge in [-0.15, -0.1) is 0 Å². The highest BCUT2D eigenvalue weighted by atomic mass is 16.5. The Morgan fingerprint density at radius 1 is 1.28 bits per heavy atom. The van der Waals surface area contributed by atoms with Crippen LogP contribution in [-0.2, 0) is 4.65 Å². The average Bonchev–Trinajstić information content (AvgIpc) is 2.71. The van der Waals surface area contributed by atoms with E-state index in [1.165, 1.54) is 5.46 Å². The van der Waals surface area contributed by atoms with Gasteiger partial charge in [-0.25, -0.2) is 0 Å². The quantitative estimate of drug-likeness (QED) is 0.817. The topological polar surface area (TPSA) is 37.9 Å². The number of nitrogens with one attached hydrogen (secondary N) is 1. The molecule has 2 aromatic rings. The van der Waals surface area contributed by atoms with Gasteiger partial charge in [-0.2, -0.15) is 5.10 Å². The molecule has 0 radical (unpaired) electrons. The first kappa shape index (κ1) is 13.2. The summed E-state index contributed by atoms with van der Waals surface area (Å²) in [5.74, 6) is 0. The second kappa shape index (κ2) is 4.47. The van der Waals surface area contributed by atoms with Crippen molar-refractivity contribution in [1.29, 1.82) is 0 Å². The number of H-pyrrole nitrogens is 1. The van der Waals surface area contributed by atoms with Gasteiger partial charge in [0.2, 0.25) is 0 Å². The van der Waals surface area contributed by atoms with Crippen molar-refractivity contribution in [2.24, 2.45) is 0 Å². The standard InChI is InChI=1S/C13H20B2N2O/c1-12(2,14)13(3,4)18-15-10-5-6-11-9(7-10)8-16-17-11/h5-8,15H,14H2,1-4H3,(H,16,17). The van der Waals surface area contributed by atoms with Crippen LogP contribution in [0.3, 0.4) is 0 Å². The van der Waals surface area contributed by atoms with Crippen molar-refractivity contribution in [3.8, 4) is 0 Å². The molecular formula is C13H20B2N2O. The van der Waals surface area contributed by atoms with E-state index in [-0.39, 0.29) is 10.9 Å². The predicted octanol–water partition coefficient (Wildman–Crippen LogP) is 1.17. The van der Waals surface area contributed by atoms with Crippen molar-refractivity contribution in [1.82, 2.24) is 10.2 Å². The number of rotatable bonds is 4. The van der Waals surface area contributed by atoms with Gasteiger partial charge in [0.1, 0.15) is 7.85 Å². The van der Waals surface area contributed by atoms with E-state index in [1.54, 1.807) is 0 Å². The van der Waals surface area contributed by atoms with E-state index in [2.05, 4.69) is 57.9 Å². The third kappa shape index (κ3) is 2.61. The lowest BCUT2D eigenvalue weighted by atomic mass is 9.61. The minimum Gasteiger partial charge on any atom is -0.430 e. The SMILES string of the molecule is BC(C)(C)C(C)(C)OBc1ccc2[nH]ncc2c1. The van der Waals surface area contributed by atoms with E-state index < -0.39 is 0 Å². The van der Waals surface area contributed by atoms with Crippen LogP contribution in [-0.4, -0.2) is 31.1 Å². The normalized spacial score (nSPS) is 12.9. The Morgan fingerprint density at radius 3 is 2.67 bits per heavy atom. The van der Waals surface area contributed by atoms with Gasteiger partial charge in [0.25, 0.3) is 0 Å². The van der Waals surface area contributed by atoms with Crippen molar-refractivity contribution in [2.75, 3.05) is 0 Å². The highest BCUT2D eigenvalue weighted by Crippen LogP contribution is 2.36. The fourth-order valence-corrected chi connectivity index (χ4v) is 1.56. The van der Waals surface area contributed by atoms with Crippen LogP contribution in [0.1, 0.15) is 27.7 Å². The van der Waals surface area contributed by atoms with Crippen molar-refractivity contribution in [2.45, 2.75) is 38.6 Å². The maximum atomic E-state index is 6.07. The van der Waals surface area contributed by atoms with Crippen LogP contribution in [0.4, 0.5) is 0 Å². The summed E-state index contributed by atoms with van der Waals surface area (Å²) in [7, 11) is 2.83. The predicted molar refractivity (Wildman–Crippen MR) is 80.6 cm³/mol. The first-order chi connectivity index (χ1) is 8.29. The molecule has 0 aliphatic rings. The Kier molecular flexibility index (Phi) is 3.28. The van der Waals surface area contributed by atoms with Gasteiger partial charge in [-0.05, 0) is 25.2 Å². The molecular weight excluding hydrogens is 222 g/mol. The molecule has 3 nitrogen and oxygen atoms in total. The molecule has 0 aliphatic heterocycles. The fraction of sp³-hybridized carbons (Fsp3) is 0.462. The Bertz CT molecular complexity index is 543. The molecule has 5 heteroatoms. The summed E-state index contributed by atoms with van der Waals surface area (Å²) in [6.07, 6.45) is 1.84. The Labute approximate surface area is 110 Å². The van der Waals surface area contributed by atoms with E-state index in [0.29, 0.717) is 7.48 Å². The largest absolute Gasteiger partial charge is 0.430 e. The minimum atomic E-state index is -0.154. The van der Waals surface area contributed by atoms with Crippen molar-refractivity contribution in [3.05, 3.63) is 24.4 Å². The number of aromatic nitrogens is 2. The number of hydrogen-bond acceptors (Lipinski definition) is 2. The van der Waals surface area contributed by atoms with E-state index >= 15 is 0 Å². The van der Waals surface area contributed by atoms with Gasteiger partial charge in [-0.3, -0.25) is 5.10 Å². The van der Waals surface area contributed by atoms with Gasteiger partial charge in [0.05, 0.1) is 11.7 Å². The maximum Gasteiger partial charge on any atom is 0.309 e. The maximum absolute atomic E-state index is 6.07. The summed E-state index contributed by atoms with van der Waals surface area (Å²) in [4.78, 5) is 0. The molecule has 1 N–H and O–H groups in total. The zero-order chi connectivity index (χ0) is 13.4. The van der Waals surface area contributed by atoms with Crippen molar-refractivity contribution in [3.63, 3.8) is 0 Å². The summed E-state index contributed by atoms with van der Waals surface area (Å²) in [6, 6.07) is 6.25.